The van der Waals surface area contributed by atoms with E-state index in [-0.39, 0.29) is 11.1 Å². The zero-order valence-corrected chi connectivity index (χ0v) is 12.5. The number of benzene rings is 1. The van der Waals surface area contributed by atoms with Crippen molar-refractivity contribution in [2.75, 3.05) is 11.9 Å². The van der Waals surface area contributed by atoms with E-state index in [9.17, 15) is 9.18 Å². The molecule has 2 N–H and O–H groups in total. The van der Waals surface area contributed by atoms with Crippen molar-refractivity contribution in [1.82, 2.24) is 20.1 Å². The van der Waals surface area contributed by atoms with Crippen LogP contribution in [0.4, 0.5) is 14.9 Å². The van der Waals surface area contributed by atoms with Gasteiger partial charge < -0.3 is 15.2 Å². The Labute approximate surface area is 131 Å². The lowest BCUT2D eigenvalue weighted by Crippen LogP contribution is -2.31. The average molecular weight is 324 g/mol. The van der Waals surface area contributed by atoms with Crippen LogP contribution in [-0.2, 0) is 6.54 Å². The van der Waals surface area contributed by atoms with E-state index in [0.29, 0.717) is 24.7 Å². The standard InChI is InChI=1S/C14H15ClFN5O/c15-11-7-10(3-4-12(11)16)19-14(22)17-5-6-21-8-18-20-13(21)9-1-2-9/h3-4,7-9H,1-2,5-6H2,(H2,17,19,22). The summed E-state index contributed by atoms with van der Waals surface area (Å²) in [5.74, 6) is 0.970. The summed E-state index contributed by atoms with van der Waals surface area (Å²) in [6.45, 7) is 1.05. The Morgan fingerprint density at radius 1 is 1.45 bits per heavy atom. The summed E-state index contributed by atoms with van der Waals surface area (Å²) in [5.41, 5.74) is 0.437. The number of hydrogen-bond donors (Lipinski definition) is 2. The van der Waals surface area contributed by atoms with Crippen LogP contribution in [0.1, 0.15) is 24.6 Å². The van der Waals surface area contributed by atoms with E-state index in [4.69, 9.17) is 11.6 Å². The molecule has 1 saturated carbocycles. The highest BCUT2D eigenvalue weighted by molar-refractivity contribution is 6.31. The van der Waals surface area contributed by atoms with E-state index in [1.807, 2.05) is 4.57 Å². The van der Waals surface area contributed by atoms with E-state index >= 15 is 0 Å². The van der Waals surface area contributed by atoms with Crippen LogP contribution in [0.3, 0.4) is 0 Å². The minimum absolute atomic E-state index is 0.0311. The first-order chi connectivity index (χ1) is 10.6. The molecule has 0 unspecified atom stereocenters. The molecule has 1 fully saturated rings. The Bertz CT molecular complexity index is 686. The molecular weight excluding hydrogens is 309 g/mol. The Morgan fingerprint density at radius 3 is 3.00 bits per heavy atom. The van der Waals surface area contributed by atoms with Gasteiger partial charge >= 0.3 is 6.03 Å². The molecule has 6 nitrogen and oxygen atoms in total. The number of aromatic nitrogens is 3. The summed E-state index contributed by atoms with van der Waals surface area (Å²) in [4.78, 5) is 11.8. The summed E-state index contributed by atoms with van der Waals surface area (Å²) >= 11 is 5.66. The Morgan fingerprint density at radius 2 is 2.27 bits per heavy atom. The highest BCUT2D eigenvalue weighted by Crippen LogP contribution is 2.38. The van der Waals surface area contributed by atoms with Gasteiger partial charge in [0.1, 0.15) is 18.0 Å². The fourth-order valence-corrected chi connectivity index (χ4v) is 2.31. The van der Waals surface area contributed by atoms with Gasteiger partial charge in [-0.1, -0.05) is 11.6 Å². The van der Waals surface area contributed by atoms with E-state index in [0.717, 1.165) is 18.7 Å². The van der Waals surface area contributed by atoms with Gasteiger partial charge in [-0.25, -0.2) is 9.18 Å². The first-order valence-electron chi connectivity index (χ1n) is 7.01. The van der Waals surface area contributed by atoms with Crippen molar-refractivity contribution in [3.8, 4) is 0 Å². The molecule has 2 aromatic rings. The van der Waals surface area contributed by atoms with Crippen molar-refractivity contribution in [2.45, 2.75) is 25.3 Å². The predicted octanol–water partition coefficient (Wildman–Crippen LogP) is 2.77. The van der Waals surface area contributed by atoms with Crippen molar-refractivity contribution in [3.63, 3.8) is 0 Å². The molecule has 0 saturated heterocycles. The molecule has 116 valence electrons. The quantitative estimate of drug-likeness (QED) is 0.888. The fourth-order valence-electron chi connectivity index (χ4n) is 2.13. The zero-order valence-electron chi connectivity index (χ0n) is 11.7. The minimum atomic E-state index is -0.521. The Kier molecular flexibility index (Phi) is 4.24. The number of anilines is 1. The highest BCUT2D eigenvalue weighted by Gasteiger charge is 2.28. The summed E-state index contributed by atoms with van der Waals surface area (Å²) in [5, 5.41) is 13.3. The SMILES string of the molecule is O=C(NCCn1cnnc1C1CC1)Nc1ccc(F)c(Cl)c1. The summed E-state index contributed by atoms with van der Waals surface area (Å²) < 4.78 is 15.0. The first-order valence-corrected chi connectivity index (χ1v) is 7.39. The van der Waals surface area contributed by atoms with Gasteiger partial charge in [0.25, 0.3) is 0 Å². The molecule has 0 bridgehead atoms. The maximum Gasteiger partial charge on any atom is 0.319 e. The van der Waals surface area contributed by atoms with Crippen LogP contribution in [-0.4, -0.2) is 27.3 Å². The molecule has 1 aromatic heterocycles. The van der Waals surface area contributed by atoms with Crippen LogP contribution < -0.4 is 10.6 Å². The van der Waals surface area contributed by atoms with Crippen LogP contribution in [0, 0.1) is 5.82 Å². The minimum Gasteiger partial charge on any atom is -0.336 e. The van der Waals surface area contributed by atoms with E-state index in [2.05, 4.69) is 20.8 Å². The Balaban J connectivity index is 1.47. The maximum absolute atomic E-state index is 13.0. The summed E-state index contributed by atoms with van der Waals surface area (Å²) in [6, 6.07) is 3.65. The van der Waals surface area contributed by atoms with Crippen LogP contribution >= 0.6 is 11.6 Å². The maximum atomic E-state index is 13.0. The molecule has 1 aromatic carbocycles. The number of hydrogen-bond acceptors (Lipinski definition) is 3. The van der Waals surface area contributed by atoms with Crippen molar-refractivity contribution in [1.29, 1.82) is 0 Å². The van der Waals surface area contributed by atoms with E-state index in [1.54, 1.807) is 6.33 Å². The van der Waals surface area contributed by atoms with Gasteiger partial charge in [0, 0.05) is 24.7 Å². The fraction of sp³-hybridized carbons (Fsp3) is 0.357. The van der Waals surface area contributed by atoms with E-state index in [1.165, 1.54) is 18.2 Å². The van der Waals surface area contributed by atoms with Gasteiger partial charge in [0.2, 0.25) is 0 Å². The number of amides is 2. The number of carbonyl (C=O) groups excluding carboxylic acids is 1. The Hall–Kier alpha value is -2.15. The molecule has 0 radical (unpaired) electrons. The first kappa shape index (κ1) is 14.8. The van der Waals surface area contributed by atoms with Gasteiger partial charge in [-0.3, -0.25) is 0 Å². The zero-order chi connectivity index (χ0) is 15.5. The van der Waals surface area contributed by atoms with Crippen molar-refractivity contribution in [2.24, 2.45) is 0 Å². The third kappa shape index (κ3) is 3.54. The predicted molar refractivity (Wildman–Crippen MR) is 80.4 cm³/mol. The molecule has 2 amide bonds. The molecule has 1 aliphatic carbocycles. The van der Waals surface area contributed by atoms with Crippen LogP contribution in [0.5, 0.6) is 0 Å². The number of urea groups is 1. The topological polar surface area (TPSA) is 71.8 Å². The van der Waals surface area contributed by atoms with Crippen molar-refractivity contribution >= 4 is 23.3 Å². The van der Waals surface area contributed by atoms with Crippen LogP contribution in [0.2, 0.25) is 5.02 Å². The molecule has 22 heavy (non-hydrogen) atoms. The number of carbonyl (C=O) groups is 1. The lowest BCUT2D eigenvalue weighted by Gasteiger charge is -2.09. The second kappa shape index (κ2) is 6.31. The van der Waals surface area contributed by atoms with Gasteiger partial charge in [0.05, 0.1) is 5.02 Å². The molecule has 8 heteroatoms. The van der Waals surface area contributed by atoms with Gasteiger partial charge in [-0.05, 0) is 31.0 Å². The number of rotatable bonds is 5. The largest absolute Gasteiger partial charge is 0.336 e. The third-order valence-corrected chi connectivity index (χ3v) is 3.69. The molecular formula is C14H15ClFN5O. The normalized spacial score (nSPS) is 13.9. The number of nitrogens with zero attached hydrogens (tertiary/aromatic N) is 3. The number of nitrogens with one attached hydrogen (secondary N) is 2. The van der Waals surface area contributed by atoms with Crippen molar-refractivity contribution in [3.05, 3.63) is 41.2 Å². The van der Waals surface area contributed by atoms with Gasteiger partial charge in [0.15, 0.2) is 0 Å². The van der Waals surface area contributed by atoms with Crippen LogP contribution in [0.15, 0.2) is 24.5 Å². The lowest BCUT2D eigenvalue weighted by molar-refractivity contribution is 0.251. The molecule has 0 aliphatic heterocycles. The van der Waals surface area contributed by atoms with Crippen LogP contribution in [0.25, 0.3) is 0 Å². The highest BCUT2D eigenvalue weighted by atomic mass is 35.5. The summed E-state index contributed by atoms with van der Waals surface area (Å²) in [6.07, 6.45) is 3.98. The molecule has 1 heterocycles. The molecule has 1 aliphatic rings. The second-order valence-electron chi connectivity index (χ2n) is 5.17. The van der Waals surface area contributed by atoms with Gasteiger partial charge in [-0.2, -0.15) is 0 Å². The molecule has 0 spiro atoms. The smallest absolute Gasteiger partial charge is 0.319 e. The van der Waals surface area contributed by atoms with Gasteiger partial charge in [-0.15, -0.1) is 10.2 Å². The second-order valence-corrected chi connectivity index (χ2v) is 5.57. The molecule has 0 atom stereocenters. The monoisotopic (exact) mass is 323 g/mol. The lowest BCUT2D eigenvalue weighted by atomic mass is 10.3. The number of halogens is 2. The summed E-state index contributed by atoms with van der Waals surface area (Å²) in [7, 11) is 0. The van der Waals surface area contributed by atoms with E-state index < -0.39 is 5.82 Å². The molecule has 3 rings (SSSR count). The third-order valence-electron chi connectivity index (χ3n) is 3.40. The van der Waals surface area contributed by atoms with Crippen molar-refractivity contribution < 1.29 is 9.18 Å². The average Bonchev–Trinajstić information content (AvgIpc) is 3.23.